The molecule has 0 saturated heterocycles. The molecule has 0 spiro atoms. The summed E-state index contributed by atoms with van der Waals surface area (Å²) in [4.78, 5) is 7.96. The Morgan fingerprint density at radius 3 is 2.72 bits per heavy atom. The third-order valence-corrected chi connectivity index (χ3v) is 5.76. The molecule has 3 heteroatoms. The number of nitrogens with zero attached hydrogens (tertiary/aromatic N) is 1. The van der Waals surface area contributed by atoms with E-state index < -0.39 is 0 Å². The fraction of sp³-hybridized carbons (Fsp3) is 0.276. The fourth-order valence-corrected chi connectivity index (χ4v) is 4.02. The van der Waals surface area contributed by atoms with Crippen LogP contribution >= 0.6 is 0 Å². The van der Waals surface area contributed by atoms with Crippen LogP contribution < -0.4 is 5.32 Å². The number of aromatic amines is 1. The summed E-state index contributed by atoms with van der Waals surface area (Å²) in [6.45, 7) is 8.24. The van der Waals surface area contributed by atoms with Gasteiger partial charge in [0.1, 0.15) is 5.82 Å². The van der Waals surface area contributed by atoms with Gasteiger partial charge in [0.05, 0.1) is 0 Å². The lowest BCUT2D eigenvalue weighted by atomic mass is 9.90. The summed E-state index contributed by atoms with van der Waals surface area (Å²) in [5, 5.41) is 4.65. The molecule has 3 heterocycles. The standard InChI is InChI=1S/C26H29N3.C3H4/c1-4-7-19(12-18(5-2)6-3)23-14-22-15-24(17-29-26(22)28-16-23)20-8-9-25-21(13-20)10-11-27-25;1-3-2/h5,7-11,13,15-17,27H,4,6,12,14H2,1-3H3,(H,28,29);1H,2H3/b18-5-,19-7+;. The summed E-state index contributed by atoms with van der Waals surface area (Å²) in [7, 11) is 0. The second-order valence-electron chi connectivity index (χ2n) is 7.91. The van der Waals surface area contributed by atoms with E-state index in [4.69, 9.17) is 4.98 Å². The van der Waals surface area contributed by atoms with Crippen molar-refractivity contribution in [3.63, 3.8) is 0 Å². The minimum absolute atomic E-state index is 0.919. The van der Waals surface area contributed by atoms with Crippen LogP contribution in [0.25, 0.3) is 22.0 Å². The molecule has 3 nitrogen and oxygen atoms in total. The van der Waals surface area contributed by atoms with E-state index in [1.807, 2.05) is 12.4 Å². The molecule has 0 fully saturated rings. The Hall–Kier alpha value is -3.51. The van der Waals surface area contributed by atoms with Crippen molar-refractivity contribution >= 4 is 16.7 Å². The first-order valence-corrected chi connectivity index (χ1v) is 11.4. The predicted molar refractivity (Wildman–Crippen MR) is 138 cm³/mol. The molecule has 1 aliphatic heterocycles. The molecular formula is C29H33N3. The zero-order chi connectivity index (χ0) is 22.9. The number of aromatic nitrogens is 2. The van der Waals surface area contributed by atoms with Gasteiger partial charge in [-0.1, -0.05) is 37.6 Å². The van der Waals surface area contributed by atoms with Crippen molar-refractivity contribution in [2.75, 3.05) is 5.32 Å². The molecule has 0 amide bonds. The number of fused-ring (bicyclic) bond motifs is 2. The number of hydrogen-bond donors (Lipinski definition) is 2. The van der Waals surface area contributed by atoms with Crippen molar-refractivity contribution in [1.82, 2.24) is 9.97 Å². The maximum atomic E-state index is 4.70. The molecule has 164 valence electrons. The monoisotopic (exact) mass is 423 g/mol. The van der Waals surface area contributed by atoms with E-state index in [0.29, 0.717) is 0 Å². The highest BCUT2D eigenvalue weighted by atomic mass is 15.0. The lowest BCUT2D eigenvalue weighted by molar-refractivity contribution is 0.952. The molecule has 32 heavy (non-hydrogen) atoms. The molecule has 3 aromatic rings. The quantitative estimate of drug-likeness (QED) is 0.313. The van der Waals surface area contributed by atoms with Crippen LogP contribution in [0, 0.1) is 12.3 Å². The molecule has 0 unspecified atom stereocenters. The van der Waals surface area contributed by atoms with Crippen molar-refractivity contribution in [2.45, 2.75) is 53.4 Å². The molecule has 2 aromatic heterocycles. The summed E-state index contributed by atoms with van der Waals surface area (Å²) >= 11 is 0. The molecule has 1 aliphatic rings. The molecule has 0 bridgehead atoms. The van der Waals surface area contributed by atoms with Crippen LogP contribution in [0.15, 0.2) is 77.8 Å². The first-order chi connectivity index (χ1) is 15.6. The number of allylic oxidation sites excluding steroid dienone is 5. The van der Waals surface area contributed by atoms with Gasteiger partial charge in [0.2, 0.25) is 0 Å². The van der Waals surface area contributed by atoms with Crippen molar-refractivity contribution in [2.24, 2.45) is 0 Å². The number of rotatable bonds is 6. The number of terminal acetylenes is 1. The van der Waals surface area contributed by atoms with E-state index in [1.165, 1.54) is 38.8 Å². The SMILES string of the molecule is C#CC.C/C=C(/CC)C/C(=C\CC)C1=CNc2ncc(-c3ccc4[nH]ccc4c3)cc2C1. The highest BCUT2D eigenvalue weighted by Crippen LogP contribution is 2.33. The Kier molecular flexibility index (Phi) is 8.11. The summed E-state index contributed by atoms with van der Waals surface area (Å²) in [5.41, 5.74) is 9.08. The van der Waals surface area contributed by atoms with Gasteiger partial charge >= 0.3 is 0 Å². The average Bonchev–Trinajstić information content (AvgIpc) is 3.29. The van der Waals surface area contributed by atoms with Gasteiger partial charge in [-0.15, -0.1) is 12.3 Å². The molecule has 0 aliphatic carbocycles. The van der Waals surface area contributed by atoms with Crippen molar-refractivity contribution in [3.05, 3.63) is 83.4 Å². The normalized spacial score (nSPS) is 13.4. The van der Waals surface area contributed by atoms with Gasteiger partial charge in [-0.05, 0) is 85.0 Å². The first kappa shape index (κ1) is 23.2. The second kappa shape index (κ2) is 11.2. The third kappa shape index (κ3) is 5.39. The summed E-state index contributed by atoms with van der Waals surface area (Å²) in [5.74, 6) is 3.22. The summed E-state index contributed by atoms with van der Waals surface area (Å²) in [6.07, 6.45) is 19.4. The van der Waals surface area contributed by atoms with Gasteiger partial charge in [0.25, 0.3) is 0 Å². The van der Waals surface area contributed by atoms with E-state index in [0.717, 1.165) is 37.0 Å². The number of benzene rings is 1. The minimum atomic E-state index is 0.919. The molecule has 1 aromatic carbocycles. The minimum Gasteiger partial charge on any atom is -0.361 e. The zero-order valence-corrected chi connectivity index (χ0v) is 19.6. The van der Waals surface area contributed by atoms with Crippen LogP contribution in [0.2, 0.25) is 0 Å². The fourth-order valence-electron chi connectivity index (χ4n) is 4.02. The van der Waals surface area contributed by atoms with Gasteiger partial charge in [-0.25, -0.2) is 4.98 Å². The molecule has 0 atom stereocenters. The van der Waals surface area contributed by atoms with Crippen LogP contribution in [0.3, 0.4) is 0 Å². The number of H-pyrrole nitrogens is 1. The Bertz CT molecular complexity index is 1200. The van der Waals surface area contributed by atoms with Crippen LogP contribution in [0.1, 0.15) is 52.5 Å². The Morgan fingerprint density at radius 2 is 2.00 bits per heavy atom. The lowest BCUT2D eigenvalue weighted by Crippen LogP contribution is -2.10. The van der Waals surface area contributed by atoms with Crippen LogP contribution in [0.4, 0.5) is 5.82 Å². The molecule has 0 radical (unpaired) electrons. The summed E-state index contributed by atoms with van der Waals surface area (Å²) in [6, 6.07) is 10.9. The number of hydrogen-bond acceptors (Lipinski definition) is 2. The second-order valence-corrected chi connectivity index (χ2v) is 7.91. The Morgan fingerprint density at radius 1 is 1.19 bits per heavy atom. The molecule has 4 rings (SSSR count). The van der Waals surface area contributed by atoms with Gasteiger partial charge in [-0.2, -0.15) is 0 Å². The van der Waals surface area contributed by atoms with Gasteiger partial charge in [0.15, 0.2) is 0 Å². The number of anilines is 1. The smallest absolute Gasteiger partial charge is 0.133 e. The van der Waals surface area contributed by atoms with Crippen LogP contribution in [-0.2, 0) is 6.42 Å². The number of pyridine rings is 1. The van der Waals surface area contributed by atoms with Gasteiger partial charge in [-0.3, -0.25) is 0 Å². The molecular weight excluding hydrogens is 390 g/mol. The predicted octanol–water partition coefficient (Wildman–Crippen LogP) is 7.80. The van der Waals surface area contributed by atoms with E-state index in [2.05, 4.69) is 92.1 Å². The number of nitrogens with one attached hydrogen (secondary N) is 2. The largest absolute Gasteiger partial charge is 0.361 e. The highest BCUT2D eigenvalue weighted by molar-refractivity contribution is 5.85. The van der Waals surface area contributed by atoms with E-state index in [1.54, 1.807) is 6.92 Å². The maximum absolute atomic E-state index is 4.70. The van der Waals surface area contributed by atoms with Crippen LogP contribution in [0.5, 0.6) is 0 Å². The topological polar surface area (TPSA) is 40.7 Å². The molecule has 2 N–H and O–H groups in total. The molecule has 0 saturated carbocycles. The van der Waals surface area contributed by atoms with E-state index in [-0.39, 0.29) is 0 Å². The van der Waals surface area contributed by atoms with Crippen LogP contribution in [-0.4, -0.2) is 9.97 Å². The van der Waals surface area contributed by atoms with E-state index in [9.17, 15) is 0 Å². The van der Waals surface area contributed by atoms with Gasteiger partial charge < -0.3 is 10.3 Å². The Labute approximate surface area is 192 Å². The van der Waals surface area contributed by atoms with Crippen molar-refractivity contribution in [3.8, 4) is 23.5 Å². The lowest BCUT2D eigenvalue weighted by Gasteiger charge is -2.21. The third-order valence-electron chi connectivity index (χ3n) is 5.76. The average molecular weight is 424 g/mol. The van der Waals surface area contributed by atoms with E-state index >= 15 is 0 Å². The highest BCUT2D eigenvalue weighted by Gasteiger charge is 2.16. The van der Waals surface area contributed by atoms with Crippen molar-refractivity contribution < 1.29 is 0 Å². The van der Waals surface area contributed by atoms with Crippen molar-refractivity contribution in [1.29, 1.82) is 0 Å². The zero-order valence-electron chi connectivity index (χ0n) is 19.6. The Balaban J connectivity index is 0.000000913. The summed E-state index contributed by atoms with van der Waals surface area (Å²) < 4.78 is 0. The maximum Gasteiger partial charge on any atom is 0.133 e. The van der Waals surface area contributed by atoms with Gasteiger partial charge in [0, 0.05) is 36.1 Å². The first-order valence-electron chi connectivity index (χ1n) is 11.4.